The molecule has 0 spiro atoms. The highest BCUT2D eigenvalue weighted by Gasteiger charge is 2.32. The van der Waals surface area contributed by atoms with Gasteiger partial charge in [-0.25, -0.2) is 9.59 Å². The second kappa shape index (κ2) is 7.75. The van der Waals surface area contributed by atoms with E-state index in [0.29, 0.717) is 0 Å². The maximum Gasteiger partial charge on any atom is 0.425 e. The summed E-state index contributed by atoms with van der Waals surface area (Å²) in [5.74, 6) is -7.62. The van der Waals surface area contributed by atoms with Crippen LogP contribution in [0.2, 0.25) is 0 Å². The van der Waals surface area contributed by atoms with E-state index in [1.54, 1.807) is 0 Å². The lowest BCUT2D eigenvalue weighted by Gasteiger charge is -2.06. The molecule has 0 aromatic carbocycles. The fraction of sp³-hybridized carbons (Fsp3) is 0.600. The zero-order valence-electron chi connectivity index (χ0n) is 10.5. The molecule has 0 aromatic rings. The monoisotopic (exact) mass is 338 g/mol. The van der Waals surface area contributed by atoms with E-state index in [-0.39, 0.29) is 0 Å². The summed E-state index contributed by atoms with van der Waals surface area (Å²) in [6, 6.07) is 0. The number of carbonyl (C=O) groups excluding carboxylic acids is 4. The minimum absolute atomic E-state index is 1.26. The summed E-state index contributed by atoms with van der Waals surface area (Å²) in [5, 5.41) is 0. The van der Waals surface area contributed by atoms with Crippen molar-refractivity contribution < 1.29 is 55.0 Å². The van der Waals surface area contributed by atoms with Crippen LogP contribution < -0.4 is 0 Å². The van der Waals surface area contributed by atoms with Gasteiger partial charge in [-0.05, 0) is 0 Å². The fourth-order valence-corrected chi connectivity index (χ4v) is 0.880. The molecule has 0 atom stereocenters. The highest BCUT2D eigenvalue weighted by molar-refractivity contribution is 6.33. The Labute approximate surface area is 118 Å². The van der Waals surface area contributed by atoms with Crippen LogP contribution in [0.5, 0.6) is 0 Å². The molecule has 0 radical (unpaired) electrons. The molecule has 22 heavy (non-hydrogen) atoms. The summed E-state index contributed by atoms with van der Waals surface area (Å²) >= 11 is 0. The standard InChI is InChI=1S/C10H8F6O6/c11-9(12,13)3-1-5(17)21-7(19)8(20)22-6(18)2-4-10(14,15)16/h1-4H2. The average molecular weight is 338 g/mol. The summed E-state index contributed by atoms with van der Waals surface area (Å²) in [6.45, 7) is 0. The Kier molecular flexibility index (Phi) is 7.00. The van der Waals surface area contributed by atoms with Gasteiger partial charge in [0.15, 0.2) is 0 Å². The molecule has 6 nitrogen and oxygen atoms in total. The van der Waals surface area contributed by atoms with Crippen molar-refractivity contribution in [3.8, 4) is 0 Å². The number of rotatable bonds is 4. The van der Waals surface area contributed by atoms with E-state index in [1.807, 2.05) is 0 Å². The van der Waals surface area contributed by atoms with Gasteiger partial charge < -0.3 is 9.47 Å². The summed E-state index contributed by atoms with van der Waals surface area (Å²) in [6.07, 6.45) is -15.1. The Balaban J connectivity index is 4.19. The lowest BCUT2D eigenvalue weighted by molar-refractivity contribution is -0.180. The first-order valence-corrected chi connectivity index (χ1v) is 5.43. The van der Waals surface area contributed by atoms with E-state index in [4.69, 9.17) is 0 Å². The Morgan fingerprint density at radius 2 is 0.909 bits per heavy atom. The van der Waals surface area contributed by atoms with Crippen LogP contribution in [0.1, 0.15) is 25.7 Å². The predicted octanol–water partition coefficient (Wildman–Crippen LogP) is 1.81. The number of esters is 4. The molecule has 0 unspecified atom stereocenters. The molecule has 0 bridgehead atoms. The van der Waals surface area contributed by atoms with Crippen LogP contribution in [0, 0.1) is 0 Å². The molecule has 0 fully saturated rings. The number of hydrogen-bond donors (Lipinski definition) is 0. The van der Waals surface area contributed by atoms with Crippen LogP contribution in [-0.2, 0) is 28.7 Å². The van der Waals surface area contributed by atoms with E-state index in [9.17, 15) is 45.5 Å². The molecule has 0 heterocycles. The molecule has 126 valence electrons. The maximum atomic E-state index is 11.7. The van der Waals surface area contributed by atoms with Crippen LogP contribution in [0.4, 0.5) is 26.3 Å². The highest BCUT2D eigenvalue weighted by atomic mass is 19.4. The maximum absolute atomic E-state index is 11.7. The summed E-state index contributed by atoms with van der Waals surface area (Å²) in [5.41, 5.74) is 0. The van der Waals surface area contributed by atoms with Crippen LogP contribution in [0.3, 0.4) is 0 Å². The number of hydrogen-bond acceptors (Lipinski definition) is 6. The Hall–Kier alpha value is -2.14. The van der Waals surface area contributed by atoms with E-state index in [1.165, 1.54) is 0 Å². The third-order valence-electron chi connectivity index (χ3n) is 1.80. The SMILES string of the molecule is O=C(CCC(F)(F)F)OC(=O)C(=O)OC(=O)CCC(F)(F)F. The predicted molar refractivity (Wildman–Crippen MR) is 52.8 cm³/mol. The molecule has 0 rings (SSSR count). The largest absolute Gasteiger partial charge is 0.425 e. The lowest BCUT2D eigenvalue weighted by atomic mass is 10.3. The Bertz CT molecular complexity index is 410. The van der Waals surface area contributed by atoms with Gasteiger partial charge in [0.2, 0.25) is 0 Å². The molecule has 0 aromatic heterocycles. The zero-order chi connectivity index (χ0) is 17.6. The Morgan fingerprint density at radius 3 is 1.14 bits per heavy atom. The second-order valence-electron chi connectivity index (χ2n) is 3.75. The number of ether oxygens (including phenoxy) is 2. The van der Waals surface area contributed by atoms with Crippen LogP contribution in [0.15, 0.2) is 0 Å². The lowest BCUT2D eigenvalue weighted by Crippen LogP contribution is -2.27. The zero-order valence-corrected chi connectivity index (χ0v) is 10.5. The summed E-state index contributed by atoms with van der Waals surface area (Å²) < 4.78 is 77.7. The van der Waals surface area contributed by atoms with E-state index < -0.39 is 61.9 Å². The van der Waals surface area contributed by atoms with Gasteiger partial charge in [0.1, 0.15) is 0 Å². The quantitative estimate of drug-likeness (QED) is 0.336. The van der Waals surface area contributed by atoms with Gasteiger partial charge in [0.25, 0.3) is 0 Å². The first kappa shape index (κ1) is 19.9. The first-order chi connectivity index (χ1) is 9.80. The van der Waals surface area contributed by atoms with Crippen molar-refractivity contribution in [3.63, 3.8) is 0 Å². The number of halogens is 6. The molecule has 0 saturated heterocycles. The minimum Gasteiger partial charge on any atom is -0.384 e. The topological polar surface area (TPSA) is 86.7 Å². The van der Waals surface area contributed by atoms with E-state index >= 15 is 0 Å². The minimum atomic E-state index is -4.70. The van der Waals surface area contributed by atoms with Gasteiger partial charge >= 0.3 is 36.2 Å². The third-order valence-corrected chi connectivity index (χ3v) is 1.80. The Morgan fingerprint density at radius 1 is 0.636 bits per heavy atom. The van der Waals surface area contributed by atoms with Crippen molar-refractivity contribution in [1.29, 1.82) is 0 Å². The first-order valence-electron chi connectivity index (χ1n) is 5.43. The average Bonchev–Trinajstić information content (AvgIpc) is 2.32. The van der Waals surface area contributed by atoms with Gasteiger partial charge in [0, 0.05) is 0 Å². The van der Waals surface area contributed by atoms with Gasteiger partial charge in [-0.1, -0.05) is 0 Å². The van der Waals surface area contributed by atoms with Gasteiger partial charge in [-0.2, -0.15) is 26.3 Å². The van der Waals surface area contributed by atoms with Gasteiger partial charge in [-0.3, -0.25) is 9.59 Å². The molecular formula is C10H8F6O6. The van der Waals surface area contributed by atoms with Crippen molar-refractivity contribution in [2.45, 2.75) is 38.0 Å². The van der Waals surface area contributed by atoms with Crippen molar-refractivity contribution in [3.05, 3.63) is 0 Å². The van der Waals surface area contributed by atoms with Crippen LogP contribution in [-0.4, -0.2) is 36.2 Å². The molecular weight excluding hydrogens is 330 g/mol. The van der Waals surface area contributed by atoms with Crippen molar-refractivity contribution in [1.82, 2.24) is 0 Å². The van der Waals surface area contributed by atoms with Crippen molar-refractivity contribution >= 4 is 23.9 Å². The normalized spacial score (nSPS) is 11.7. The molecule has 0 amide bonds. The third kappa shape index (κ3) is 10.6. The van der Waals surface area contributed by atoms with E-state index in [2.05, 4.69) is 9.47 Å². The fourth-order valence-electron chi connectivity index (χ4n) is 0.880. The summed E-state index contributed by atoms with van der Waals surface area (Å²) in [7, 11) is 0. The smallest absolute Gasteiger partial charge is 0.384 e. The van der Waals surface area contributed by atoms with Crippen molar-refractivity contribution in [2.75, 3.05) is 0 Å². The van der Waals surface area contributed by atoms with Gasteiger partial charge in [-0.15, -0.1) is 0 Å². The van der Waals surface area contributed by atoms with E-state index in [0.717, 1.165) is 0 Å². The molecule has 0 aliphatic heterocycles. The molecule has 0 aliphatic carbocycles. The highest BCUT2D eigenvalue weighted by Crippen LogP contribution is 2.22. The van der Waals surface area contributed by atoms with Crippen molar-refractivity contribution in [2.24, 2.45) is 0 Å². The van der Waals surface area contributed by atoms with Gasteiger partial charge in [0.05, 0.1) is 25.7 Å². The van der Waals surface area contributed by atoms with Crippen LogP contribution in [0.25, 0.3) is 0 Å². The number of alkyl halides is 6. The molecule has 12 heteroatoms. The molecule has 0 saturated carbocycles. The van der Waals surface area contributed by atoms with Crippen LogP contribution >= 0.6 is 0 Å². The second-order valence-corrected chi connectivity index (χ2v) is 3.75. The molecule has 0 aliphatic rings. The molecule has 0 N–H and O–H groups in total. The number of carbonyl (C=O) groups is 4. The summed E-state index contributed by atoms with van der Waals surface area (Å²) in [4.78, 5) is 43.2.